The van der Waals surface area contributed by atoms with Gasteiger partial charge in [-0.3, -0.25) is 19.0 Å². The molecule has 9 heteroatoms. The van der Waals surface area contributed by atoms with E-state index in [-0.39, 0.29) is 23.5 Å². The normalized spacial score (nSPS) is 11.4. The predicted molar refractivity (Wildman–Crippen MR) is 98.1 cm³/mol. The van der Waals surface area contributed by atoms with Gasteiger partial charge in [0.25, 0.3) is 5.56 Å². The molecule has 0 bridgehead atoms. The van der Waals surface area contributed by atoms with E-state index < -0.39 is 11.2 Å². The first-order valence-electron chi connectivity index (χ1n) is 8.46. The second kappa shape index (κ2) is 6.35. The summed E-state index contributed by atoms with van der Waals surface area (Å²) in [6.07, 6.45) is 2.01. The zero-order valence-corrected chi connectivity index (χ0v) is 14.8. The van der Waals surface area contributed by atoms with Crippen molar-refractivity contribution >= 4 is 11.2 Å². The molecule has 0 saturated heterocycles. The first-order valence-corrected chi connectivity index (χ1v) is 8.46. The standard InChI is InChI=1S/C18H17FN6O2/c1-3-25-17(26)14-16(24(2)18(25)27)22-15(21-14)12-9-20-23-13(12)8-10-5-4-6-11(19)7-10/h4-7,9H,3,8H2,1-2H3,(H,20,23)(H,21,22). The quantitative estimate of drug-likeness (QED) is 0.571. The van der Waals surface area contributed by atoms with E-state index in [9.17, 15) is 14.0 Å². The van der Waals surface area contributed by atoms with E-state index >= 15 is 0 Å². The van der Waals surface area contributed by atoms with E-state index in [0.29, 0.717) is 17.8 Å². The summed E-state index contributed by atoms with van der Waals surface area (Å²) in [5.41, 5.74) is 1.86. The number of hydrogen-bond acceptors (Lipinski definition) is 4. The third-order valence-electron chi connectivity index (χ3n) is 4.54. The van der Waals surface area contributed by atoms with Crippen molar-refractivity contribution in [1.82, 2.24) is 29.3 Å². The molecule has 0 aliphatic heterocycles. The maximum atomic E-state index is 13.4. The molecular weight excluding hydrogens is 351 g/mol. The molecule has 4 aromatic rings. The Balaban J connectivity index is 1.84. The molecule has 0 saturated carbocycles. The SMILES string of the molecule is CCn1c(=O)c2[nH]c(-c3cn[nH]c3Cc3cccc(F)c3)nc2n(C)c1=O. The number of nitrogens with one attached hydrogen (secondary N) is 2. The molecular formula is C18H17FN6O2. The van der Waals surface area contributed by atoms with Crippen molar-refractivity contribution in [3.63, 3.8) is 0 Å². The molecule has 0 amide bonds. The number of nitrogens with zero attached hydrogens (tertiary/aromatic N) is 4. The van der Waals surface area contributed by atoms with Crippen LogP contribution >= 0.6 is 0 Å². The van der Waals surface area contributed by atoms with Crippen molar-refractivity contribution in [2.75, 3.05) is 0 Å². The van der Waals surface area contributed by atoms with Crippen LogP contribution in [-0.4, -0.2) is 29.3 Å². The van der Waals surface area contributed by atoms with E-state index in [0.717, 1.165) is 15.8 Å². The molecule has 0 atom stereocenters. The summed E-state index contributed by atoms with van der Waals surface area (Å²) in [6, 6.07) is 6.30. The third-order valence-corrected chi connectivity index (χ3v) is 4.54. The van der Waals surface area contributed by atoms with Crippen LogP contribution in [0.25, 0.3) is 22.6 Å². The summed E-state index contributed by atoms with van der Waals surface area (Å²) >= 11 is 0. The number of rotatable bonds is 4. The topological polar surface area (TPSA) is 101 Å². The van der Waals surface area contributed by atoms with E-state index in [1.54, 1.807) is 26.2 Å². The summed E-state index contributed by atoms with van der Waals surface area (Å²) in [5.74, 6) is 0.110. The minimum Gasteiger partial charge on any atom is -0.332 e. The van der Waals surface area contributed by atoms with Crippen LogP contribution in [0.4, 0.5) is 4.39 Å². The first kappa shape index (κ1) is 17.0. The molecule has 8 nitrogen and oxygen atoms in total. The molecule has 27 heavy (non-hydrogen) atoms. The van der Waals surface area contributed by atoms with Gasteiger partial charge in [0.1, 0.15) is 17.2 Å². The Morgan fingerprint density at radius 3 is 2.81 bits per heavy atom. The Labute approximate surface area is 152 Å². The zero-order chi connectivity index (χ0) is 19.1. The molecule has 138 valence electrons. The Hall–Kier alpha value is -3.49. The molecule has 3 aromatic heterocycles. The fourth-order valence-electron chi connectivity index (χ4n) is 3.16. The lowest BCUT2D eigenvalue weighted by molar-refractivity contribution is 0.626. The van der Waals surface area contributed by atoms with Crippen molar-refractivity contribution in [1.29, 1.82) is 0 Å². The number of aromatic amines is 2. The average molecular weight is 368 g/mol. The fourth-order valence-corrected chi connectivity index (χ4v) is 3.16. The summed E-state index contributed by atoms with van der Waals surface area (Å²) in [5, 5.41) is 6.95. The Bertz CT molecular complexity index is 1260. The largest absolute Gasteiger partial charge is 0.332 e. The summed E-state index contributed by atoms with van der Waals surface area (Å²) < 4.78 is 15.9. The van der Waals surface area contributed by atoms with Crippen LogP contribution in [0.1, 0.15) is 18.2 Å². The summed E-state index contributed by atoms with van der Waals surface area (Å²) in [7, 11) is 1.57. The van der Waals surface area contributed by atoms with Crippen molar-refractivity contribution in [3.8, 4) is 11.4 Å². The van der Waals surface area contributed by atoms with Crippen LogP contribution in [0.3, 0.4) is 0 Å². The lowest BCUT2D eigenvalue weighted by atomic mass is 10.1. The number of hydrogen-bond donors (Lipinski definition) is 2. The minimum atomic E-state index is -0.416. The van der Waals surface area contributed by atoms with Gasteiger partial charge < -0.3 is 4.98 Å². The number of imidazole rings is 1. The van der Waals surface area contributed by atoms with Gasteiger partial charge in [-0.15, -0.1) is 0 Å². The minimum absolute atomic E-state index is 0.256. The molecule has 0 fully saturated rings. The highest BCUT2D eigenvalue weighted by atomic mass is 19.1. The molecule has 1 aromatic carbocycles. The van der Waals surface area contributed by atoms with Gasteiger partial charge in [-0.05, 0) is 24.6 Å². The maximum absolute atomic E-state index is 13.4. The van der Waals surface area contributed by atoms with Gasteiger partial charge in [0, 0.05) is 20.0 Å². The van der Waals surface area contributed by atoms with E-state index in [2.05, 4.69) is 20.2 Å². The maximum Gasteiger partial charge on any atom is 0.332 e. The van der Waals surface area contributed by atoms with Crippen molar-refractivity contribution in [2.45, 2.75) is 19.9 Å². The monoisotopic (exact) mass is 368 g/mol. The van der Waals surface area contributed by atoms with E-state index in [1.165, 1.54) is 16.7 Å². The first-order chi connectivity index (χ1) is 13.0. The van der Waals surface area contributed by atoms with Crippen molar-refractivity contribution in [2.24, 2.45) is 7.05 Å². The number of aryl methyl sites for hydroxylation is 1. The van der Waals surface area contributed by atoms with Gasteiger partial charge in [0.2, 0.25) is 0 Å². The summed E-state index contributed by atoms with van der Waals surface area (Å²) in [6.45, 7) is 2.01. The van der Waals surface area contributed by atoms with Gasteiger partial charge in [0.05, 0.1) is 17.5 Å². The smallest absolute Gasteiger partial charge is 0.332 e. The number of H-pyrrole nitrogens is 2. The lowest BCUT2D eigenvalue weighted by Crippen LogP contribution is -2.38. The van der Waals surface area contributed by atoms with Gasteiger partial charge in [0.15, 0.2) is 5.65 Å². The lowest BCUT2D eigenvalue weighted by Gasteiger charge is -2.03. The Morgan fingerprint density at radius 2 is 2.07 bits per heavy atom. The predicted octanol–water partition coefficient (Wildman–Crippen LogP) is 1.56. The van der Waals surface area contributed by atoms with Crippen LogP contribution in [0, 0.1) is 5.82 Å². The molecule has 0 radical (unpaired) electrons. The van der Waals surface area contributed by atoms with Gasteiger partial charge in [-0.25, -0.2) is 14.2 Å². The second-order valence-corrected chi connectivity index (χ2v) is 6.24. The highest BCUT2D eigenvalue weighted by Gasteiger charge is 2.18. The highest BCUT2D eigenvalue weighted by Crippen LogP contribution is 2.23. The molecule has 0 unspecified atom stereocenters. The van der Waals surface area contributed by atoms with E-state index in [1.807, 2.05) is 6.07 Å². The highest BCUT2D eigenvalue weighted by molar-refractivity contribution is 5.76. The number of halogens is 1. The number of fused-ring (bicyclic) bond motifs is 1. The number of benzene rings is 1. The van der Waals surface area contributed by atoms with Crippen molar-refractivity contribution < 1.29 is 4.39 Å². The van der Waals surface area contributed by atoms with Gasteiger partial charge in [-0.1, -0.05) is 12.1 Å². The number of aromatic nitrogens is 6. The van der Waals surface area contributed by atoms with Crippen molar-refractivity contribution in [3.05, 3.63) is 68.4 Å². The molecule has 2 N–H and O–H groups in total. The zero-order valence-electron chi connectivity index (χ0n) is 14.8. The van der Waals surface area contributed by atoms with Crippen LogP contribution in [0.5, 0.6) is 0 Å². The van der Waals surface area contributed by atoms with Gasteiger partial charge in [-0.2, -0.15) is 5.10 Å². The van der Waals surface area contributed by atoms with Crippen LogP contribution < -0.4 is 11.2 Å². The third kappa shape index (κ3) is 2.77. The second-order valence-electron chi connectivity index (χ2n) is 6.24. The summed E-state index contributed by atoms with van der Waals surface area (Å²) in [4.78, 5) is 32.3. The molecule has 3 heterocycles. The molecule has 0 spiro atoms. The fraction of sp³-hybridized carbons (Fsp3) is 0.222. The van der Waals surface area contributed by atoms with Crippen LogP contribution in [0.15, 0.2) is 40.1 Å². The average Bonchev–Trinajstić information content (AvgIpc) is 3.27. The van der Waals surface area contributed by atoms with Crippen LogP contribution in [0.2, 0.25) is 0 Å². The Kier molecular flexibility index (Phi) is 3.98. The molecule has 4 rings (SSSR count). The Morgan fingerprint density at radius 1 is 1.26 bits per heavy atom. The molecule has 0 aliphatic carbocycles. The van der Waals surface area contributed by atoms with Crippen LogP contribution in [-0.2, 0) is 20.0 Å². The van der Waals surface area contributed by atoms with Gasteiger partial charge >= 0.3 is 5.69 Å². The molecule has 0 aliphatic rings. The van der Waals surface area contributed by atoms with E-state index in [4.69, 9.17) is 0 Å².